The molecule has 0 atom stereocenters. The molecule has 4 nitrogen and oxygen atoms in total. The van der Waals surface area contributed by atoms with Crippen molar-refractivity contribution in [3.8, 4) is 0 Å². The normalized spacial score (nSPS) is 11.3. The summed E-state index contributed by atoms with van der Waals surface area (Å²) in [4.78, 5) is 13.9. The Bertz CT molecular complexity index is 194. The summed E-state index contributed by atoms with van der Waals surface area (Å²) in [5.41, 5.74) is 5.69. The van der Waals surface area contributed by atoms with Crippen molar-refractivity contribution in [3.63, 3.8) is 0 Å². The molecule has 2 amide bonds. The molecular weight excluding hydrogens is 202 g/mol. The fraction of sp³-hybridized carbons (Fsp3) is 0.917. The molecule has 0 unspecified atom stereocenters. The molecule has 3 N–H and O–H groups in total. The van der Waals surface area contributed by atoms with Crippen LogP contribution in [0.25, 0.3) is 0 Å². The summed E-state index contributed by atoms with van der Waals surface area (Å²) in [6, 6.07) is 0.0125. The van der Waals surface area contributed by atoms with Crippen LogP contribution in [0.4, 0.5) is 4.79 Å². The standard InChI is InChI=1S/C12H27N3O/c1-5-9-15(11(16)14-8-4)12(6-2,7-3)10-13/h5-10,13H2,1-4H3,(H,14,16). The Morgan fingerprint density at radius 2 is 1.81 bits per heavy atom. The van der Waals surface area contributed by atoms with Crippen molar-refractivity contribution in [1.29, 1.82) is 0 Å². The molecule has 0 radical (unpaired) electrons. The van der Waals surface area contributed by atoms with E-state index in [2.05, 4.69) is 26.1 Å². The Morgan fingerprint density at radius 1 is 1.25 bits per heavy atom. The smallest absolute Gasteiger partial charge is 0.317 e. The van der Waals surface area contributed by atoms with Gasteiger partial charge in [0, 0.05) is 19.6 Å². The van der Waals surface area contributed by atoms with Gasteiger partial charge >= 0.3 is 6.03 Å². The van der Waals surface area contributed by atoms with Crippen molar-refractivity contribution < 1.29 is 4.79 Å². The molecule has 4 heteroatoms. The maximum atomic E-state index is 12.0. The summed E-state index contributed by atoms with van der Waals surface area (Å²) in [5.74, 6) is 0. The molecule has 0 aromatic heterocycles. The highest BCUT2D eigenvalue weighted by Crippen LogP contribution is 2.23. The molecule has 0 aliphatic heterocycles. The van der Waals surface area contributed by atoms with Gasteiger partial charge in [-0.05, 0) is 26.2 Å². The summed E-state index contributed by atoms with van der Waals surface area (Å²) in [5, 5.41) is 2.87. The van der Waals surface area contributed by atoms with Crippen LogP contribution in [-0.2, 0) is 0 Å². The number of carbonyl (C=O) groups is 1. The minimum Gasteiger partial charge on any atom is -0.338 e. The Labute approximate surface area is 99.6 Å². The van der Waals surface area contributed by atoms with Gasteiger partial charge in [0.05, 0.1) is 5.54 Å². The second-order valence-electron chi connectivity index (χ2n) is 4.12. The zero-order chi connectivity index (χ0) is 12.6. The molecule has 0 heterocycles. The van der Waals surface area contributed by atoms with E-state index in [0.717, 1.165) is 25.8 Å². The number of nitrogens with zero attached hydrogens (tertiary/aromatic N) is 1. The van der Waals surface area contributed by atoms with E-state index in [-0.39, 0.29) is 11.6 Å². The highest BCUT2D eigenvalue weighted by molar-refractivity contribution is 5.75. The van der Waals surface area contributed by atoms with Gasteiger partial charge in [-0.1, -0.05) is 20.8 Å². The highest BCUT2D eigenvalue weighted by Gasteiger charge is 2.34. The number of hydrogen-bond donors (Lipinski definition) is 2. The van der Waals surface area contributed by atoms with Crippen LogP contribution in [-0.4, -0.2) is 36.1 Å². The lowest BCUT2D eigenvalue weighted by molar-refractivity contribution is 0.108. The average molecular weight is 229 g/mol. The first kappa shape index (κ1) is 15.2. The molecule has 0 saturated carbocycles. The fourth-order valence-electron chi connectivity index (χ4n) is 2.05. The lowest BCUT2D eigenvalue weighted by Gasteiger charge is -2.42. The molecule has 96 valence electrons. The van der Waals surface area contributed by atoms with Crippen LogP contribution in [0.15, 0.2) is 0 Å². The summed E-state index contributed by atoms with van der Waals surface area (Å²) in [6.45, 7) is 10.2. The van der Waals surface area contributed by atoms with E-state index in [9.17, 15) is 4.79 Å². The number of carbonyl (C=O) groups excluding carboxylic acids is 1. The van der Waals surface area contributed by atoms with Crippen LogP contribution in [0.3, 0.4) is 0 Å². The number of rotatable bonds is 7. The van der Waals surface area contributed by atoms with Gasteiger partial charge < -0.3 is 16.0 Å². The van der Waals surface area contributed by atoms with Crippen molar-refractivity contribution in [2.24, 2.45) is 5.73 Å². The Hall–Kier alpha value is -0.770. The van der Waals surface area contributed by atoms with E-state index in [4.69, 9.17) is 5.73 Å². The predicted octanol–water partition coefficient (Wildman–Crippen LogP) is 1.95. The molecule has 0 aliphatic rings. The highest BCUT2D eigenvalue weighted by atomic mass is 16.2. The Balaban J connectivity index is 4.90. The third kappa shape index (κ3) is 3.37. The van der Waals surface area contributed by atoms with Gasteiger partial charge in [-0.3, -0.25) is 0 Å². The first-order valence-corrected chi connectivity index (χ1v) is 6.37. The quantitative estimate of drug-likeness (QED) is 0.701. The number of hydrogen-bond acceptors (Lipinski definition) is 2. The molecule has 0 bridgehead atoms. The van der Waals surface area contributed by atoms with Crippen LogP contribution >= 0.6 is 0 Å². The Kier molecular flexibility index (Phi) is 7.13. The van der Waals surface area contributed by atoms with E-state index < -0.39 is 0 Å². The summed E-state index contributed by atoms with van der Waals surface area (Å²) in [7, 11) is 0. The minimum absolute atomic E-state index is 0.0125. The van der Waals surface area contributed by atoms with Crippen LogP contribution in [0.5, 0.6) is 0 Å². The zero-order valence-electron chi connectivity index (χ0n) is 11.2. The third-order valence-corrected chi connectivity index (χ3v) is 3.29. The maximum Gasteiger partial charge on any atom is 0.317 e. The lowest BCUT2D eigenvalue weighted by Crippen LogP contribution is -2.58. The number of urea groups is 1. The molecule has 0 aromatic carbocycles. The summed E-state index contributed by atoms with van der Waals surface area (Å²) < 4.78 is 0. The van der Waals surface area contributed by atoms with Crippen LogP contribution < -0.4 is 11.1 Å². The molecule has 0 aliphatic carbocycles. The van der Waals surface area contributed by atoms with Gasteiger partial charge in [0.2, 0.25) is 0 Å². The van der Waals surface area contributed by atoms with E-state index in [1.54, 1.807) is 0 Å². The topological polar surface area (TPSA) is 58.4 Å². The fourth-order valence-corrected chi connectivity index (χ4v) is 2.05. The minimum atomic E-state index is -0.185. The summed E-state index contributed by atoms with van der Waals surface area (Å²) >= 11 is 0. The molecule has 0 rings (SSSR count). The molecule has 0 saturated heterocycles. The van der Waals surface area contributed by atoms with Gasteiger partial charge in [-0.15, -0.1) is 0 Å². The SMILES string of the molecule is CCCN(C(=O)NCC)C(CC)(CC)CN. The molecule has 0 aromatic rings. The van der Waals surface area contributed by atoms with Crippen molar-refractivity contribution in [2.75, 3.05) is 19.6 Å². The van der Waals surface area contributed by atoms with Gasteiger partial charge in [0.25, 0.3) is 0 Å². The van der Waals surface area contributed by atoms with Gasteiger partial charge in [-0.2, -0.15) is 0 Å². The van der Waals surface area contributed by atoms with E-state index in [0.29, 0.717) is 13.1 Å². The van der Waals surface area contributed by atoms with E-state index in [1.807, 2.05) is 11.8 Å². The first-order chi connectivity index (χ1) is 7.61. The van der Waals surface area contributed by atoms with Crippen molar-refractivity contribution in [1.82, 2.24) is 10.2 Å². The number of amides is 2. The first-order valence-electron chi connectivity index (χ1n) is 6.37. The zero-order valence-corrected chi connectivity index (χ0v) is 11.2. The van der Waals surface area contributed by atoms with Gasteiger partial charge in [0.15, 0.2) is 0 Å². The molecule has 16 heavy (non-hydrogen) atoms. The van der Waals surface area contributed by atoms with Gasteiger partial charge in [-0.25, -0.2) is 4.79 Å². The summed E-state index contributed by atoms with van der Waals surface area (Å²) in [6.07, 6.45) is 2.76. The monoisotopic (exact) mass is 229 g/mol. The average Bonchev–Trinajstić information content (AvgIpc) is 2.31. The number of nitrogens with two attached hydrogens (primary N) is 1. The third-order valence-electron chi connectivity index (χ3n) is 3.29. The largest absolute Gasteiger partial charge is 0.338 e. The number of nitrogens with one attached hydrogen (secondary N) is 1. The second kappa shape index (κ2) is 7.49. The van der Waals surface area contributed by atoms with Crippen molar-refractivity contribution in [2.45, 2.75) is 52.5 Å². The predicted molar refractivity (Wildman–Crippen MR) is 68.4 cm³/mol. The van der Waals surface area contributed by atoms with Crippen molar-refractivity contribution >= 4 is 6.03 Å². The van der Waals surface area contributed by atoms with Crippen LogP contribution in [0.1, 0.15) is 47.0 Å². The second-order valence-corrected chi connectivity index (χ2v) is 4.12. The van der Waals surface area contributed by atoms with Crippen LogP contribution in [0, 0.1) is 0 Å². The maximum absolute atomic E-state index is 12.0. The molecular formula is C12H27N3O. The van der Waals surface area contributed by atoms with Crippen molar-refractivity contribution in [3.05, 3.63) is 0 Å². The lowest BCUT2D eigenvalue weighted by atomic mass is 9.90. The van der Waals surface area contributed by atoms with E-state index >= 15 is 0 Å². The van der Waals surface area contributed by atoms with Gasteiger partial charge in [0.1, 0.15) is 0 Å². The van der Waals surface area contributed by atoms with E-state index in [1.165, 1.54) is 0 Å². The van der Waals surface area contributed by atoms with Crippen LogP contribution in [0.2, 0.25) is 0 Å². The molecule has 0 spiro atoms. The molecule has 0 fully saturated rings. The Morgan fingerprint density at radius 3 is 2.12 bits per heavy atom.